The lowest BCUT2D eigenvalue weighted by Crippen LogP contribution is -2.51. The Morgan fingerprint density at radius 1 is 1.55 bits per heavy atom. The summed E-state index contributed by atoms with van der Waals surface area (Å²) in [5.74, 6) is 0.0524. The molecule has 2 N–H and O–H groups in total. The molecule has 0 radical (unpaired) electrons. The molecule has 0 aromatic heterocycles. The monoisotopic (exact) mass is 157 g/mol. The van der Waals surface area contributed by atoms with E-state index in [1.165, 1.54) is 0 Å². The van der Waals surface area contributed by atoms with Crippen LogP contribution in [0.2, 0.25) is 0 Å². The normalized spacial score (nSPS) is 29.8. The molecular formula is C8H15NO2. The quantitative estimate of drug-likeness (QED) is 0.605. The lowest BCUT2D eigenvalue weighted by atomic mass is 9.89. The van der Waals surface area contributed by atoms with Gasteiger partial charge in [-0.05, 0) is 12.8 Å². The highest BCUT2D eigenvalue weighted by Gasteiger charge is 2.30. The Labute approximate surface area is 66.8 Å². The van der Waals surface area contributed by atoms with Crippen molar-refractivity contribution in [3.05, 3.63) is 0 Å². The smallest absolute Gasteiger partial charge is 0.222 e. The number of aliphatic hydroxyl groups is 1. The number of carbonyl (C=O) groups excluding carboxylic acids is 1. The van der Waals surface area contributed by atoms with Crippen LogP contribution in [-0.4, -0.2) is 23.2 Å². The average Bonchev–Trinajstić information content (AvgIpc) is 1.96. The maximum absolute atomic E-state index is 11.1. The molecular weight excluding hydrogens is 142 g/mol. The maximum atomic E-state index is 11.1. The van der Waals surface area contributed by atoms with E-state index in [9.17, 15) is 4.79 Å². The standard InChI is InChI=1S/C8H15NO2/c1-5(2)8(11)9-6-3-4-7(6)10/h5-7,10H,3-4H2,1-2H3,(H,9,11). The number of hydrogen-bond acceptors (Lipinski definition) is 2. The van der Waals surface area contributed by atoms with Gasteiger partial charge < -0.3 is 10.4 Å². The highest BCUT2D eigenvalue weighted by atomic mass is 16.3. The van der Waals surface area contributed by atoms with Crippen molar-refractivity contribution in [1.82, 2.24) is 5.32 Å². The minimum atomic E-state index is -0.308. The minimum absolute atomic E-state index is 0.0165. The summed E-state index contributed by atoms with van der Waals surface area (Å²) in [6.07, 6.45) is 1.43. The molecule has 1 rings (SSSR count). The number of carbonyl (C=O) groups is 1. The van der Waals surface area contributed by atoms with Gasteiger partial charge in [0.2, 0.25) is 5.91 Å². The zero-order chi connectivity index (χ0) is 8.43. The summed E-state index contributed by atoms with van der Waals surface area (Å²) < 4.78 is 0. The first kappa shape index (κ1) is 8.53. The summed E-state index contributed by atoms with van der Waals surface area (Å²) in [6.45, 7) is 3.70. The van der Waals surface area contributed by atoms with Crippen LogP contribution in [0.25, 0.3) is 0 Å². The van der Waals surface area contributed by atoms with Gasteiger partial charge in [-0.2, -0.15) is 0 Å². The van der Waals surface area contributed by atoms with Crippen molar-refractivity contribution in [1.29, 1.82) is 0 Å². The van der Waals surface area contributed by atoms with Crippen LogP contribution >= 0.6 is 0 Å². The summed E-state index contributed by atoms with van der Waals surface area (Å²) >= 11 is 0. The first-order valence-electron chi connectivity index (χ1n) is 4.09. The Morgan fingerprint density at radius 3 is 2.45 bits per heavy atom. The predicted octanol–water partition coefficient (Wildman–Crippen LogP) is 0.282. The third kappa shape index (κ3) is 1.93. The van der Waals surface area contributed by atoms with Crippen molar-refractivity contribution in [2.24, 2.45) is 5.92 Å². The highest BCUT2D eigenvalue weighted by molar-refractivity contribution is 5.78. The molecule has 1 aliphatic carbocycles. The molecule has 3 heteroatoms. The molecule has 3 nitrogen and oxygen atoms in total. The number of rotatable bonds is 2. The van der Waals surface area contributed by atoms with Crippen LogP contribution in [0.1, 0.15) is 26.7 Å². The van der Waals surface area contributed by atoms with Gasteiger partial charge in [0, 0.05) is 5.92 Å². The van der Waals surface area contributed by atoms with Crippen LogP contribution in [-0.2, 0) is 4.79 Å². The molecule has 0 bridgehead atoms. The molecule has 1 fully saturated rings. The predicted molar refractivity (Wildman–Crippen MR) is 42.0 cm³/mol. The van der Waals surface area contributed by atoms with Gasteiger partial charge in [-0.15, -0.1) is 0 Å². The van der Waals surface area contributed by atoms with Crippen molar-refractivity contribution in [2.75, 3.05) is 0 Å². The molecule has 1 aliphatic rings. The van der Waals surface area contributed by atoms with Gasteiger partial charge in [0.05, 0.1) is 12.1 Å². The summed E-state index contributed by atoms with van der Waals surface area (Å²) in [4.78, 5) is 11.1. The molecule has 1 saturated carbocycles. The van der Waals surface area contributed by atoms with Gasteiger partial charge >= 0.3 is 0 Å². The van der Waals surface area contributed by atoms with Crippen LogP contribution in [0.4, 0.5) is 0 Å². The Hall–Kier alpha value is -0.570. The van der Waals surface area contributed by atoms with E-state index < -0.39 is 0 Å². The van der Waals surface area contributed by atoms with Gasteiger partial charge in [0.1, 0.15) is 0 Å². The van der Waals surface area contributed by atoms with E-state index in [2.05, 4.69) is 5.32 Å². The van der Waals surface area contributed by atoms with E-state index in [0.717, 1.165) is 12.8 Å². The van der Waals surface area contributed by atoms with E-state index in [-0.39, 0.29) is 24.0 Å². The Balaban J connectivity index is 2.25. The number of hydrogen-bond donors (Lipinski definition) is 2. The number of aliphatic hydroxyl groups excluding tert-OH is 1. The fourth-order valence-electron chi connectivity index (χ4n) is 1.00. The van der Waals surface area contributed by atoms with Crippen molar-refractivity contribution in [2.45, 2.75) is 38.8 Å². The molecule has 0 aromatic rings. The first-order valence-corrected chi connectivity index (χ1v) is 4.09. The Bertz CT molecular complexity index is 156. The highest BCUT2D eigenvalue weighted by Crippen LogP contribution is 2.19. The van der Waals surface area contributed by atoms with Crippen LogP contribution in [0.15, 0.2) is 0 Å². The number of amides is 1. The fraction of sp³-hybridized carbons (Fsp3) is 0.875. The van der Waals surface area contributed by atoms with Gasteiger partial charge in [0.15, 0.2) is 0 Å². The molecule has 0 saturated heterocycles. The lowest BCUT2D eigenvalue weighted by Gasteiger charge is -2.33. The molecule has 0 spiro atoms. The zero-order valence-corrected chi connectivity index (χ0v) is 7.00. The van der Waals surface area contributed by atoms with Gasteiger partial charge in [-0.25, -0.2) is 0 Å². The lowest BCUT2D eigenvalue weighted by molar-refractivity contribution is -0.126. The summed E-state index contributed by atoms with van der Waals surface area (Å²) in [7, 11) is 0. The first-order chi connectivity index (χ1) is 5.11. The zero-order valence-electron chi connectivity index (χ0n) is 7.00. The molecule has 64 valence electrons. The van der Waals surface area contributed by atoms with E-state index in [0.29, 0.717) is 0 Å². The van der Waals surface area contributed by atoms with E-state index in [1.807, 2.05) is 13.8 Å². The molecule has 0 aromatic carbocycles. The van der Waals surface area contributed by atoms with E-state index >= 15 is 0 Å². The third-order valence-electron chi connectivity index (χ3n) is 2.09. The average molecular weight is 157 g/mol. The van der Waals surface area contributed by atoms with E-state index in [1.54, 1.807) is 0 Å². The summed E-state index contributed by atoms with van der Waals surface area (Å²) in [6, 6.07) is 0.0184. The van der Waals surface area contributed by atoms with Gasteiger partial charge in [0.25, 0.3) is 0 Å². The summed E-state index contributed by atoms with van der Waals surface area (Å²) in [5.41, 5.74) is 0. The molecule has 2 atom stereocenters. The van der Waals surface area contributed by atoms with E-state index in [4.69, 9.17) is 5.11 Å². The molecule has 0 heterocycles. The van der Waals surface area contributed by atoms with Crippen molar-refractivity contribution in [3.8, 4) is 0 Å². The molecule has 0 aliphatic heterocycles. The topological polar surface area (TPSA) is 49.3 Å². The van der Waals surface area contributed by atoms with Gasteiger partial charge in [-0.1, -0.05) is 13.8 Å². The Morgan fingerprint density at radius 2 is 2.18 bits per heavy atom. The van der Waals surface area contributed by atoms with Crippen molar-refractivity contribution >= 4 is 5.91 Å². The van der Waals surface area contributed by atoms with Crippen molar-refractivity contribution in [3.63, 3.8) is 0 Å². The van der Waals surface area contributed by atoms with Crippen LogP contribution in [0, 0.1) is 5.92 Å². The number of nitrogens with one attached hydrogen (secondary N) is 1. The minimum Gasteiger partial charge on any atom is -0.391 e. The second-order valence-electron chi connectivity index (χ2n) is 3.41. The fourth-order valence-corrected chi connectivity index (χ4v) is 1.00. The van der Waals surface area contributed by atoms with Crippen LogP contribution in [0.3, 0.4) is 0 Å². The second-order valence-corrected chi connectivity index (χ2v) is 3.41. The Kier molecular flexibility index (Phi) is 2.49. The molecule has 1 amide bonds. The van der Waals surface area contributed by atoms with Crippen molar-refractivity contribution < 1.29 is 9.90 Å². The van der Waals surface area contributed by atoms with Crippen LogP contribution in [0.5, 0.6) is 0 Å². The maximum Gasteiger partial charge on any atom is 0.222 e. The van der Waals surface area contributed by atoms with Gasteiger partial charge in [-0.3, -0.25) is 4.79 Å². The molecule has 11 heavy (non-hydrogen) atoms. The second kappa shape index (κ2) is 3.22. The third-order valence-corrected chi connectivity index (χ3v) is 2.09. The SMILES string of the molecule is CC(C)C(=O)NC1CCC1O. The van der Waals surface area contributed by atoms with Crippen LogP contribution < -0.4 is 5.32 Å². The largest absolute Gasteiger partial charge is 0.391 e. The summed E-state index contributed by atoms with van der Waals surface area (Å²) in [5, 5.41) is 11.9. The molecule has 2 unspecified atom stereocenters.